The van der Waals surface area contributed by atoms with Crippen molar-refractivity contribution in [3.05, 3.63) is 27.5 Å². The zero-order valence-electron chi connectivity index (χ0n) is 8.18. The molecule has 1 aliphatic heterocycles. The van der Waals surface area contributed by atoms with Gasteiger partial charge in [0.15, 0.2) is 0 Å². The Morgan fingerprint density at radius 1 is 1.38 bits per heavy atom. The lowest BCUT2D eigenvalue weighted by Gasteiger charge is -2.18. The first-order valence-electron chi connectivity index (χ1n) is 4.73. The van der Waals surface area contributed by atoms with E-state index in [1.807, 2.05) is 11.3 Å². The smallest absolute Gasteiger partial charge is 0.0343 e. The van der Waals surface area contributed by atoms with Crippen LogP contribution >= 0.6 is 11.3 Å². The predicted molar refractivity (Wildman–Crippen MR) is 59.1 cm³/mol. The van der Waals surface area contributed by atoms with E-state index in [9.17, 15) is 0 Å². The Morgan fingerprint density at radius 2 is 2.23 bits per heavy atom. The van der Waals surface area contributed by atoms with Crippen LogP contribution in [0, 0.1) is 6.92 Å². The van der Waals surface area contributed by atoms with E-state index in [-0.39, 0.29) is 0 Å². The molecular formula is C11H15NS. The van der Waals surface area contributed by atoms with E-state index in [4.69, 9.17) is 0 Å². The molecular weight excluding hydrogens is 178 g/mol. The third kappa shape index (κ3) is 1.69. The number of rotatable bonds is 1. The van der Waals surface area contributed by atoms with Gasteiger partial charge in [0, 0.05) is 11.4 Å². The molecule has 1 nitrogen and oxygen atoms in total. The second kappa shape index (κ2) is 3.64. The molecule has 0 radical (unpaired) electrons. The Kier molecular flexibility index (Phi) is 2.51. The first-order chi connectivity index (χ1) is 6.29. The number of hydrogen-bond acceptors (Lipinski definition) is 2. The van der Waals surface area contributed by atoms with Crippen LogP contribution in [0.15, 0.2) is 17.0 Å². The van der Waals surface area contributed by atoms with Gasteiger partial charge in [0.05, 0.1) is 0 Å². The van der Waals surface area contributed by atoms with Gasteiger partial charge < -0.3 is 5.32 Å². The Hall–Kier alpha value is -0.600. The Labute approximate surface area is 83.5 Å². The molecule has 2 rings (SSSR count). The van der Waals surface area contributed by atoms with Gasteiger partial charge in [-0.3, -0.25) is 0 Å². The van der Waals surface area contributed by atoms with Crippen LogP contribution in [0.5, 0.6) is 0 Å². The highest BCUT2D eigenvalue weighted by atomic mass is 32.1. The molecule has 0 aliphatic carbocycles. The van der Waals surface area contributed by atoms with E-state index in [1.54, 1.807) is 5.57 Å². The van der Waals surface area contributed by atoms with E-state index in [2.05, 4.69) is 30.6 Å². The molecule has 0 atom stereocenters. The molecule has 0 fully saturated rings. The monoisotopic (exact) mass is 193 g/mol. The third-order valence-corrected chi connectivity index (χ3v) is 3.71. The molecule has 0 unspecified atom stereocenters. The van der Waals surface area contributed by atoms with Gasteiger partial charge in [-0.05, 0) is 49.4 Å². The summed E-state index contributed by atoms with van der Waals surface area (Å²) in [5.74, 6) is 0. The fraction of sp³-hybridized carbons (Fsp3) is 0.455. The third-order valence-electron chi connectivity index (χ3n) is 2.63. The average molecular weight is 193 g/mol. The van der Waals surface area contributed by atoms with Gasteiger partial charge in [0.25, 0.3) is 0 Å². The summed E-state index contributed by atoms with van der Waals surface area (Å²) >= 11 is 1.86. The van der Waals surface area contributed by atoms with Crippen molar-refractivity contribution in [1.82, 2.24) is 5.32 Å². The lowest BCUT2D eigenvalue weighted by molar-refractivity contribution is 0.716. The average Bonchev–Trinajstić information content (AvgIpc) is 2.52. The van der Waals surface area contributed by atoms with Crippen molar-refractivity contribution in [2.75, 3.05) is 13.1 Å². The maximum atomic E-state index is 3.43. The van der Waals surface area contributed by atoms with Crippen LogP contribution in [-0.4, -0.2) is 13.1 Å². The quantitative estimate of drug-likeness (QED) is 0.723. The molecule has 1 aromatic heterocycles. The van der Waals surface area contributed by atoms with Gasteiger partial charge in [-0.25, -0.2) is 0 Å². The van der Waals surface area contributed by atoms with Crippen molar-refractivity contribution in [3.8, 4) is 0 Å². The summed E-state index contributed by atoms with van der Waals surface area (Å²) < 4.78 is 0. The fourth-order valence-corrected chi connectivity index (χ4v) is 2.80. The highest BCUT2D eigenvalue weighted by Gasteiger charge is 2.12. The minimum Gasteiger partial charge on any atom is -0.312 e. The Bertz CT molecular complexity index is 336. The highest BCUT2D eigenvalue weighted by Crippen LogP contribution is 2.29. The number of thiophene rings is 1. The number of hydrogen-bond donors (Lipinski definition) is 1. The van der Waals surface area contributed by atoms with Gasteiger partial charge >= 0.3 is 0 Å². The lowest BCUT2D eigenvalue weighted by atomic mass is 10.00. The summed E-state index contributed by atoms with van der Waals surface area (Å²) in [6.07, 6.45) is 1.20. The van der Waals surface area contributed by atoms with E-state index in [1.165, 1.54) is 22.4 Å². The number of aryl methyl sites for hydroxylation is 1. The molecule has 0 amide bonds. The Balaban J connectivity index is 2.40. The first kappa shape index (κ1) is 8.97. The summed E-state index contributed by atoms with van der Waals surface area (Å²) in [5.41, 5.74) is 4.51. The molecule has 2 heteroatoms. The van der Waals surface area contributed by atoms with Crippen molar-refractivity contribution in [2.45, 2.75) is 20.3 Å². The molecule has 13 heavy (non-hydrogen) atoms. The van der Waals surface area contributed by atoms with Crippen LogP contribution in [0.25, 0.3) is 5.57 Å². The first-order valence-corrected chi connectivity index (χ1v) is 5.61. The van der Waals surface area contributed by atoms with Gasteiger partial charge in [-0.2, -0.15) is 0 Å². The molecule has 1 aromatic rings. The summed E-state index contributed by atoms with van der Waals surface area (Å²) in [4.78, 5) is 1.48. The normalized spacial score (nSPS) is 18.0. The molecule has 0 saturated carbocycles. The van der Waals surface area contributed by atoms with E-state index >= 15 is 0 Å². The molecule has 2 heterocycles. The van der Waals surface area contributed by atoms with Crippen molar-refractivity contribution in [1.29, 1.82) is 0 Å². The predicted octanol–water partition coefficient (Wildman–Crippen LogP) is 2.82. The second-order valence-electron chi connectivity index (χ2n) is 3.62. The molecule has 1 N–H and O–H groups in total. The van der Waals surface area contributed by atoms with E-state index in [0.717, 1.165) is 13.1 Å². The maximum Gasteiger partial charge on any atom is 0.0343 e. The molecule has 1 aliphatic rings. The standard InChI is InChI=1S/C11H15NS/c1-8-3-5-12-7-10(8)11-9(2)4-6-13-11/h4,6,12H,3,5,7H2,1-2H3. The topological polar surface area (TPSA) is 12.0 Å². The zero-order chi connectivity index (χ0) is 9.26. The van der Waals surface area contributed by atoms with Crippen molar-refractivity contribution < 1.29 is 0 Å². The van der Waals surface area contributed by atoms with Gasteiger partial charge in [-0.15, -0.1) is 11.3 Å². The largest absolute Gasteiger partial charge is 0.312 e. The SMILES string of the molecule is CC1=C(c2sccc2C)CNCC1. The van der Waals surface area contributed by atoms with Crippen LogP contribution in [0.2, 0.25) is 0 Å². The van der Waals surface area contributed by atoms with Crippen LogP contribution in [0.3, 0.4) is 0 Å². The highest BCUT2D eigenvalue weighted by molar-refractivity contribution is 7.11. The van der Waals surface area contributed by atoms with Crippen molar-refractivity contribution in [3.63, 3.8) is 0 Å². The maximum absolute atomic E-state index is 3.43. The van der Waals surface area contributed by atoms with Crippen LogP contribution < -0.4 is 5.32 Å². The molecule has 0 bridgehead atoms. The summed E-state index contributed by atoms with van der Waals surface area (Å²) in [6.45, 7) is 6.64. The Morgan fingerprint density at radius 3 is 2.85 bits per heavy atom. The summed E-state index contributed by atoms with van der Waals surface area (Å²) in [7, 11) is 0. The van der Waals surface area contributed by atoms with Gasteiger partial charge in [0.2, 0.25) is 0 Å². The molecule has 0 saturated heterocycles. The summed E-state index contributed by atoms with van der Waals surface area (Å²) in [5, 5.41) is 5.61. The molecule has 70 valence electrons. The molecule has 0 aromatic carbocycles. The lowest BCUT2D eigenvalue weighted by Crippen LogP contribution is -2.23. The van der Waals surface area contributed by atoms with E-state index < -0.39 is 0 Å². The minimum absolute atomic E-state index is 1.05. The summed E-state index contributed by atoms with van der Waals surface area (Å²) in [6, 6.07) is 2.20. The van der Waals surface area contributed by atoms with Crippen molar-refractivity contribution in [2.24, 2.45) is 0 Å². The zero-order valence-corrected chi connectivity index (χ0v) is 9.00. The second-order valence-corrected chi connectivity index (χ2v) is 4.53. The van der Waals surface area contributed by atoms with Gasteiger partial charge in [0.1, 0.15) is 0 Å². The van der Waals surface area contributed by atoms with Crippen molar-refractivity contribution >= 4 is 16.9 Å². The molecule has 0 spiro atoms. The number of nitrogens with one attached hydrogen (secondary N) is 1. The van der Waals surface area contributed by atoms with Gasteiger partial charge in [-0.1, -0.05) is 5.57 Å². The van der Waals surface area contributed by atoms with E-state index in [0.29, 0.717) is 0 Å². The van der Waals surface area contributed by atoms with Crippen LogP contribution in [0.4, 0.5) is 0 Å². The van der Waals surface area contributed by atoms with Crippen LogP contribution in [-0.2, 0) is 0 Å². The minimum atomic E-state index is 1.05. The van der Waals surface area contributed by atoms with Crippen LogP contribution in [0.1, 0.15) is 23.8 Å². The fourth-order valence-electron chi connectivity index (χ4n) is 1.75.